The first kappa shape index (κ1) is 19.9. The number of hydrogen-bond acceptors (Lipinski definition) is 3. The van der Waals surface area contributed by atoms with Gasteiger partial charge in [-0.3, -0.25) is 9.69 Å². The number of amides is 1. The van der Waals surface area contributed by atoms with Crippen molar-refractivity contribution in [1.82, 2.24) is 4.90 Å². The average Bonchev–Trinajstić information content (AvgIpc) is 2.78. The predicted molar refractivity (Wildman–Crippen MR) is 122 cm³/mol. The van der Waals surface area contributed by atoms with Crippen molar-refractivity contribution >= 4 is 22.4 Å². The summed E-state index contributed by atoms with van der Waals surface area (Å²) in [4.78, 5) is 15.3. The van der Waals surface area contributed by atoms with Crippen molar-refractivity contribution in [2.45, 2.75) is 25.8 Å². The number of anilines is 1. The normalized spacial score (nSPS) is 15.9. The Morgan fingerprint density at radius 3 is 2.77 bits per heavy atom. The van der Waals surface area contributed by atoms with Crippen molar-refractivity contribution in [3.63, 3.8) is 0 Å². The summed E-state index contributed by atoms with van der Waals surface area (Å²) in [7, 11) is 0. The quantitative estimate of drug-likeness (QED) is 0.584. The highest BCUT2D eigenvalue weighted by molar-refractivity contribution is 6.06. The zero-order valence-corrected chi connectivity index (χ0v) is 17.2. The van der Waals surface area contributed by atoms with E-state index in [1.807, 2.05) is 36.4 Å². The molecule has 0 radical (unpaired) electrons. The standard InChI is InChI=1S/C26H25N3O/c1-3-11-29-16-19(4-2)25-14-24(10-9-23(25)17-29)28-26(30)22-8-7-20-12-18(15-27)5-6-21(20)13-22/h3,5-10,12-14,19H,1,4,11,16-17H2,2H3,(H,28,30). The molecule has 4 rings (SSSR count). The summed E-state index contributed by atoms with van der Waals surface area (Å²) in [6, 6.07) is 19.4. The van der Waals surface area contributed by atoms with Gasteiger partial charge in [0.2, 0.25) is 0 Å². The molecule has 0 saturated heterocycles. The summed E-state index contributed by atoms with van der Waals surface area (Å²) in [5.41, 5.74) is 4.71. The predicted octanol–water partition coefficient (Wildman–Crippen LogP) is 5.46. The van der Waals surface area contributed by atoms with Gasteiger partial charge in [-0.2, -0.15) is 5.26 Å². The van der Waals surface area contributed by atoms with Crippen LogP contribution >= 0.6 is 0 Å². The Bertz CT molecular complexity index is 1160. The number of benzene rings is 3. The molecule has 4 nitrogen and oxygen atoms in total. The molecule has 1 unspecified atom stereocenters. The lowest BCUT2D eigenvalue weighted by Crippen LogP contribution is -2.33. The molecule has 1 N–H and O–H groups in total. The molecule has 4 heteroatoms. The Labute approximate surface area is 177 Å². The van der Waals surface area contributed by atoms with Crippen LogP contribution in [-0.2, 0) is 6.54 Å². The third-order valence-corrected chi connectivity index (χ3v) is 5.83. The Morgan fingerprint density at radius 1 is 1.20 bits per heavy atom. The molecular weight excluding hydrogens is 370 g/mol. The summed E-state index contributed by atoms with van der Waals surface area (Å²) in [6.07, 6.45) is 3.02. The number of nitrogens with one attached hydrogen (secondary N) is 1. The Morgan fingerprint density at radius 2 is 2.00 bits per heavy atom. The van der Waals surface area contributed by atoms with Gasteiger partial charge in [0.05, 0.1) is 11.6 Å². The molecule has 0 fully saturated rings. The average molecular weight is 396 g/mol. The molecule has 1 atom stereocenters. The van der Waals surface area contributed by atoms with Crippen molar-refractivity contribution in [3.05, 3.63) is 89.5 Å². The first-order valence-corrected chi connectivity index (χ1v) is 10.3. The lowest BCUT2D eigenvalue weighted by atomic mass is 9.87. The molecular formula is C26H25N3O. The summed E-state index contributed by atoms with van der Waals surface area (Å²) >= 11 is 0. The molecule has 0 aliphatic carbocycles. The van der Waals surface area contributed by atoms with E-state index in [-0.39, 0.29) is 5.91 Å². The van der Waals surface area contributed by atoms with Gasteiger partial charge in [-0.1, -0.05) is 31.2 Å². The molecule has 0 aromatic heterocycles. The van der Waals surface area contributed by atoms with Gasteiger partial charge in [0, 0.05) is 30.9 Å². The van der Waals surface area contributed by atoms with Crippen LogP contribution in [0.4, 0.5) is 5.69 Å². The zero-order chi connectivity index (χ0) is 21.1. The first-order chi connectivity index (χ1) is 14.6. The maximum atomic E-state index is 12.9. The number of hydrogen-bond donors (Lipinski definition) is 1. The minimum Gasteiger partial charge on any atom is -0.322 e. The Hall–Kier alpha value is -3.42. The van der Waals surface area contributed by atoms with E-state index >= 15 is 0 Å². The van der Waals surface area contributed by atoms with E-state index < -0.39 is 0 Å². The summed E-state index contributed by atoms with van der Waals surface area (Å²) in [6.45, 7) is 8.90. The van der Waals surface area contributed by atoms with Crippen LogP contribution in [0.1, 0.15) is 46.3 Å². The minimum atomic E-state index is -0.127. The number of fused-ring (bicyclic) bond motifs is 2. The topological polar surface area (TPSA) is 56.1 Å². The number of nitrogens with zero attached hydrogens (tertiary/aromatic N) is 2. The van der Waals surface area contributed by atoms with E-state index in [1.165, 1.54) is 11.1 Å². The summed E-state index contributed by atoms with van der Waals surface area (Å²) in [5.74, 6) is 0.332. The van der Waals surface area contributed by atoms with Crippen LogP contribution in [0.5, 0.6) is 0 Å². The fourth-order valence-electron chi connectivity index (χ4n) is 4.24. The van der Waals surface area contributed by atoms with Gasteiger partial charge >= 0.3 is 0 Å². The molecule has 1 heterocycles. The fraction of sp³-hybridized carbons (Fsp3) is 0.231. The second kappa shape index (κ2) is 8.52. The number of nitriles is 1. The van der Waals surface area contributed by atoms with Crippen LogP contribution < -0.4 is 5.32 Å². The van der Waals surface area contributed by atoms with Gasteiger partial charge in [-0.15, -0.1) is 6.58 Å². The largest absolute Gasteiger partial charge is 0.322 e. The molecule has 1 aliphatic rings. The van der Waals surface area contributed by atoms with Crippen molar-refractivity contribution in [1.29, 1.82) is 5.26 Å². The highest BCUT2D eigenvalue weighted by atomic mass is 16.1. The lowest BCUT2D eigenvalue weighted by molar-refractivity contribution is 0.102. The van der Waals surface area contributed by atoms with Crippen LogP contribution in [-0.4, -0.2) is 23.9 Å². The Kier molecular flexibility index (Phi) is 5.65. The number of carbonyl (C=O) groups excluding carboxylic acids is 1. The van der Waals surface area contributed by atoms with Crippen molar-refractivity contribution in [2.24, 2.45) is 0 Å². The van der Waals surface area contributed by atoms with Crippen molar-refractivity contribution in [2.75, 3.05) is 18.4 Å². The van der Waals surface area contributed by atoms with E-state index in [9.17, 15) is 4.79 Å². The highest BCUT2D eigenvalue weighted by Crippen LogP contribution is 2.32. The van der Waals surface area contributed by atoms with Crippen LogP contribution in [0.3, 0.4) is 0 Å². The van der Waals surface area contributed by atoms with E-state index in [4.69, 9.17) is 5.26 Å². The number of rotatable bonds is 5. The third-order valence-electron chi connectivity index (χ3n) is 5.83. The van der Waals surface area contributed by atoms with E-state index in [2.05, 4.69) is 41.9 Å². The van der Waals surface area contributed by atoms with Gasteiger partial charge in [0.25, 0.3) is 5.91 Å². The molecule has 3 aromatic rings. The monoisotopic (exact) mass is 395 g/mol. The van der Waals surface area contributed by atoms with E-state index in [0.717, 1.165) is 42.5 Å². The summed E-state index contributed by atoms with van der Waals surface area (Å²) < 4.78 is 0. The van der Waals surface area contributed by atoms with Crippen molar-refractivity contribution < 1.29 is 4.79 Å². The minimum absolute atomic E-state index is 0.127. The summed E-state index contributed by atoms with van der Waals surface area (Å²) in [5, 5.41) is 14.0. The maximum absolute atomic E-state index is 12.9. The third kappa shape index (κ3) is 3.98. The lowest BCUT2D eigenvalue weighted by Gasteiger charge is -2.34. The van der Waals surface area contributed by atoms with Gasteiger partial charge in [-0.05, 0) is 70.6 Å². The highest BCUT2D eigenvalue weighted by Gasteiger charge is 2.24. The molecule has 150 valence electrons. The van der Waals surface area contributed by atoms with Crippen LogP contribution in [0.25, 0.3) is 10.8 Å². The first-order valence-electron chi connectivity index (χ1n) is 10.3. The molecule has 0 saturated carbocycles. The van der Waals surface area contributed by atoms with E-state index in [1.54, 1.807) is 12.1 Å². The SMILES string of the molecule is C=CCN1Cc2ccc(NC(=O)c3ccc4cc(C#N)ccc4c3)cc2C(CC)C1. The van der Waals surface area contributed by atoms with Crippen LogP contribution in [0.2, 0.25) is 0 Å². The number of carbonyl (C=O) groups is 1. The fourth-order valence-corrected chi connectivity index (χ4v) is 4.24. The second-order valence-corrected chi connectivity index (χ2v) is 7.84. The Balaban J connectivity index is 1.56. The van der Waals surface area contributed by atoms with E-state index in [0.29, 0.717) is 17.0 Å². The molecule has 1 amide bonds. The molecule has 3 aromatic carbocycles. The zero-order valence-electron chi connectivity index (χ0n) is 17.2. The van der Waals surface area contributed by atoms with Crippen LogP contribution in [0, 0.1) is 11.3 Å². The van der Waals surface area contributed by atoms with Gasteiger partial charge in [0.15, 0.2) is 0 Å². The van der Waals surface area contributed by atoms with Crippen molar-refractivity contribution in [3.8, 4) is 6.07 Å². The van der Waals surface area contributed by atoms with Gasteiger partial charge < -0.3 is 5.32 Å². The van der Waals surface area contributed by atoms with Gasteiger partial charge in [-0.25, -0.2) is 0 Å². The second-order valence-electron chi connectivity index (χ2n) is 7.84. The maximum Gasteiger partial charge on any atom is 0.255 e. The molecule has 30 heavy (non-hydrogen) atoms. The van der Waals surface area contributed by atoms with Crippen LogP contribution in [0.15, 0.2) is 67.3 Å². The van der Waals surface area contributed by atoms with Gasteiger partial charge in [0.1, 0.15) is 0 Å². The smallest absolute Gasteiger partial charge is 0.255 e. The molecule has 0 bridgehead atoms. The molecule has 1 aliphatic heterocycles. The molecule has 0 spiro atoms.